The Hall–Kier alpha value is -2.13. The van der Waals surface area contributed by atoms with Gasteiger partial charge in [0.15, 0.2) is 0 Å². The van der Waals surface area contributed by atoms with E-state index >= 15 is 0 Å². The Labute approximate surface area is 122 Å². The number of aryl methyl sites for hydroxylation is 1. The molecule has 0 aliphatic carbocycles. The maximum absolute atomic E-state index is 5.97. The summed E-state index contributed by atoms with van der Waals surface area (Å²) in [5.41, 5.74) is 3.34. The van der Waals surface area contributed by atoms with E-state index in [1.165, 1.54) is 11.1 Å². The molecule has 0 fully saturated rings. The molecule has 0 saturated heterocycles. The molecule has 0 amide bonds. The number of benzene rings is 2. The summed E-state index contributed by atoms with van der Waals surface area (Å²) in [6.45, 7) is 2.81. The van der Waals surface area contributed by atoms with E-state index in [0.29, 0.717) is 6.54 Å². The number of anilines is 1. The number of nitrogens with zero attached hydrogens (tertiary/aromatic N) is 2. The molecule has 4 heteroatoms. The van der Waals surface area contributed by atoms with Gasteiger partial charge in [0.25, 0.3) is 0 Å². The Morgan fingerprint density at radius 1 is 1.00 bits per heavy atom. The monoisotopic (exact) mass is 283 g/mol. The SMILES string of the molecule is Cc1ccccc1CNc1nc(Cl)nc2ccccc12. The third-order valence-electron chi connectivity index (χ3n) is 3.28. The molecule has 0 aliphatic rings. The van der Waals surface area contributed by atoms with Crippen LogP contribution in [0.1, 0.15) is 11.1 Å². The van der Waals surface area contributed by atoms with E-state index in [-0.39, 0.29) is 5.28 Å². The van der Waals surface area contributed by atoms with E-state index in [2.05, 4.69) is 34.3 Å². The average Bonchev–Trinajstić information content (AvgIpc) is 2.46. The topological polar surface area (TPSA) is 37.8 Å². The molecule has 0 unspecified atom stereocenters. The zero-order valence-corrected chi connectivity index (χ0v) is 11.9. The molecule has 20 heavy (non-hydrogen) atoms. The summed E-state index contributed by atoms with van der Waals surface area (Å²) in [5.74, 6) is 0.767. The van der Waals surface area contributed by atoms with Crippen molar-refractivity contribution < 1.29 is 0 Å². The minimum Gasteiger partial charge on any atom is -0.365 e. The third kappa shape index (κ3) is 2.58. The molecule has 100 valence electrons. The van der Waals surface area contributed by atoms with Crippen molar-refractivity contribution in [3.63, 3.8) is 0 Å². The fourth-order valence-corrected chi connectivity index (χ4v) is 2.35. The number of fused-ring (bicyclic) bond motifs is 1. The van der Waals surface area contributed by atoms with Gasteiger partial charge < -0.3 is 5.32 Å². The van der Waals surface area contributed by atoms with Crippen LogP contribution < -0.4 is 5.32 Å². The molecular formula is C16H14ClN3. The molecule has 0 atom stereocenters. The molecular weight excluding hydrogens is 270 g/mol. The summed E-state index contributed by atoms with van der Waals surface area (Å²) >= 11 is 5.97. The van der Waals surface area contributed by atoms with Gasteiger partial charge in [-0.15, -0.1) is 0 Å². The predicted molar refractivity (Wildman–Crippen MR) is 83.1 cm³/mol. The number of para-hydroxylation sites is 1. The largest absolute Gasteiger partial charge is 0.365 e. The molecule has 0 bridgehead atoms. The highest BCUT2D eigenvalue weighted by molar-refractivity contribution is 6.28. The lowest BCUT2D eigenvalue weighted by atomic mass is 10.1. The van der Waals surface area contributed by atoms with Gasteiger partial charge in [-0.1, -0.05) is 36.4 Å². The number of nitrogens with one attached hydrogen (secondary N) is 1. The molecule has 0 radical (unpaired) electrons. The van der Waals surface area contributed by atoms with Crippen molar-refractivity contribution in [1.29, 1.82) is 0 Å². The summed E-state index contributed by atoms with van der Waals surface area (Å²) in [6.07, 6.45) is 0. The maximum atomic E-state index is 5.97. The highest BCUT2D eigenvalue weighted by Gasteiger charge is 2.06. The lowest BCUT2D eigenvalue weighted by molar-refractivity contribution is 1.08. The lowest BCUT2D eigenvalue weighted by Gasteiger charge is -2.10. The maximum Gasteiger partial charge on any atom is 0.224 e. The smallest absolute Gasteiger partial charge is 0.224 e. The zero-order valence-electron chi connectivity index (χ0n) is 11.1. The average molecular weight is 284 g/mol. The number of halogens is 1. The van der Waals surface area contributed by atoms with Crippen LogP contribution in [-0.4, -0.2) is 9.97 Å². The second-order valence-electron chi connectivity index (χ2n) is 4.64. The van der Waals surface area contributed by atoms with Crippen LogP contribution in [0.25, 0.3) is 10.9 Å². The Morgan fingerprint density at radius 3 is 2.60 bits per heavy atom. The van der Waals surface area contributed by atoms with Crippen LogP contribution in [0.2, 0.25) is 5.28 Å². The third-order valence-corrected chi connectivity index (χ3v) is 3.45. The second kappa shape index (κ2) is 5.47. The number of rotatable bonds is 3. The van der Waals surface area contributed by atoms with Crippen molar-refractivity contribution in [2.75, 3.05) is 5.32 Å². The molecule has 0 saturated carbocycles. The minimum absolute atomic E-state index is 0.260. The van der Waals surface area contributed by atoms with E-state index in [0.717, 1.165) is 16.7 Å². The number of hydrogen-bond donors (Lipinski definition) is 1. The van der Waals surface area contributed by atoms with E-state index < -0.39 is 0 Å². The van der Waals surface area contributed by atoms with Gasteiger partial charge in [-0.25, -0.2) is 9.97 Å². The second-order valence-corrected chi connectivity index (χ2v) is 4.98. The van der Waals surface area contributed by atoms with Crippen LogP contribution in [0.5, 0.6) is 0 Å². The molecule has 2 aromatic carbocycles. The van der Waals surface area contributed by atoms with Gasteiger partial charge >= 0.3 is 0 Å². The molecule has 1 heterocycles. The van der Waals surface area contributed by atoms with Crippen LogP contribution in [-0.2, 0) is 6.54 Å². The van der Waals surface area contributed by atoms with Crippen LogP contribution in [0.4, 0.5) is 5.82 Å². The molecule has 3 nitrogen and oxygen atoms in total. The first kappa shape index (κ1) is 12.9. The summed E-state index contributed by atoms with van der Waals surface area (Å²) in [5, 5.41) is 4.59. The Morgan fingerprint density at radius 2 is 1.75 bits per heavy atom. The van der Waals surface area contributed by atoms with Crippen molar-refractivity contribution in [3.05, 3.63) is 64.9 Å². The van der Waals surface area contributed by atoms with Gasteiger partial charge in [0, 0.05) is 11.9 Å². The van der Waals surface area contributed by atoms with Gasteiger partial charge in [0.05, 0.1) is 5.52 Å². The van der Waals surface area contributed by atoms with E-state index in [1.807, 2.05) is 36.4 Å². The molecule has 1 N–H and O–H groups in total. The van der Waals surface area contributed by atoms with Crippen molar-refractivity contribution in [2.24, 2.45) is 0 Å². The molecule has 0 spiro atoms. The van der Waals surface area contributed by atoms with Gasteiger partial charge in [-0.3, -0.25) is 0 Å². The number of aromatic nitrogens is 2. The van der Waals surface area contributed by atoms with Crippen LogP contribution in [0.3, 0.4) is 0 Å². The van der Waals surface area contributed by atoms with Crippen LogP contribution >= 0.6 is 11.6 Å². The molecule has 3 aromatic rings. The molecule has 3 rings (SSSR count). The van der Waals surface area contributed by atoms with E-state index in [1.54, 1.807) is 0 Å². The van der Waals surface area contributed by atoms with Gasteiger partial charge in [0.2, 0.25) is 5.28 Å². The molecule has 0 aliphatic heterocycles. The summed E-state index contributed by atoms with van der Waals surface area (Å²) in [6, 6.07) is 16.1. The lowest BCUT2D eigenvalue weighted by Crippen LogP contribution is -2.04. The van der Waals surface area contributed by atoms with E-state index in [4.69, 9.17) is 11.6 Å². The highest BCUT2D eigenvalue weighted by atomic mass is 35.5. The summed E-state index contributed by atoms with van der Waals surface area (Å²) in [7, 11) is 0. The van der Waals surface area contributed by atoms with Crippen molar-refractivity contribution in [2.45, 2.75) is 13.5 Å². The normalized spacial score (nSPS) is 10.7. The first-order valence-corrected chi connectivity index (χ1v) is 6.82. The van der Waals surface area contributed by atoms with Crippen LogP contribution in [0, 0.1) is 6.92 Å². The zero-order chi connectivity index (χ0) is 13.9. The first-order chi connectivity index (χ1) is 9.74. The summed E-state index contributed by atoms with van der Waals surface area (Å²) in [4.78, 5) is 8.51. The van der Waals surface area contributed by atoms with Gasteiger partial charge in [-0.2, -0.15) is 0 Å². The fourth-order valence-electron chi connectivity index (χ4n) is 2.17. The Balaban J connectivity index is 1.93. The minimum atomic E-state index is 0.260. The van der Waals surface area contributed by atoms with Crippen molar-refractivity contribution >= 4 is 28.3 Å². The van der Waals surface area contributed by atoms with E-state index in [9.17, 15) is 0 Å². The first-order valence-electron chi connectivity index (χ1n) is 6.45. The Bertz CT molecular complexity index is 756. The fraction of sp³-hybridized carbons (Fsp3) is 0.125. The van der Waals surface area contributed by atoms with Crippen molar-refractivity contribution in [3.8, 4) is 0 Å². The number of hydrogen-bond acceptors (Lipinski definition) is 3. The van der Waals surface area contributed by atoms with Crippen LogP contribution in [0.15, 0.2) is 48.5 Å². The quantitative estimate of drug-likeness (QED) is 0.732. The van der Waals surface area contributed by atoms with Crippen molar-refractivity contribution in [1.82, 2.24) is 9.97 Å². The van der Waals surface area contributed by atoms with Gasteiger partial charge in [0.1, 0.15) is 5.82 Å². The highest BCUT2D eigenvalue weighted by Crippen LogP contribution is 2.22. The van der Waals surface area contributed by atoms with Gasteiger partial charge in [-0.05, 0) is 41.8 Å². The predicted octanol–water partition coefficient (Wildman–Crippen LogP) is 4.20. The summed E-state index contributed by atoms with van der Waals surface area (Å²) < 4.78 is 0. The Kier molecular flexibility index (Phi) is 3.52. The molecule has 1 aromatic heterocycles. The standard InChI is InChI=1S/C16H14ClN3/c1-11-6-2-3-7-12(11)10-18-15-13-8-4-5-9-14(13)19-16(17)20-15/h2-9H,10H2,1H3,(H,18,19,20).